The lowest BCUT2D eigenvalue weighted by Gasteiger charge is -2.31. The predicted octanol–water partition coefficient (Wildman–Crippen LogP) is 3.42. The van der Waals surface area contributed by atoms with Gasteiger partial charge in [-0.1, -0.05) is 30.3 Å². The van der Waals surface area contributed by atoms with Crippen LogP contribution in [0, 0.1) is 0 Å². The third-order valence-electron chi connectivity index (χ3n) is 3.89. The summed E-state index contributed by atoms with van der Waals surface area (Å²) in [5.74, 6) is 0. The Balaban J connectivity index is 1.94. The minimum Gasteiger partial charge on any atom is -0.370 e. The van der Waals surface area contributed by atoms with Gasteiger partial charge in [-0.3, -0.25) is 0 Å². The van der Waals surface area contributed by atoms with Gasteiger partial charge >= 0.3 is 0 Å². The molecule has 0 radical (unpaired) electrons. The number of nitrogens with one attached hydrogen (secondary N) is 1. The topological polar surface area (TPSA) is 15.3 Å². The maximum absolute atomic E-state index is 3.62. The molecule has 0 spiro atoms. The van der Waals surface area contributed by atoms with Crippen LogP contribution in [0.1, 0.15) is 20.3 Å². The molecule has 3 rings (SSSR count). The fraction of sp³-hybridized carbons (Fsp3) is 0.412. The first-order chi connectivity index (χ1) is 9.14. The molecule has 1 N–H and O–H groups in total. The molecule has 0 bridgehead atoms. The van der Waals surface area contributed by atoms with E-state index in [1.165, 1.54) is 22.9 Å². The fourth-order valence-corrected chi connectivity index (χ4v) is 2.90. The Labute approximate surface area is 115 Å². The van der Waals surface area contributed by atoms with Gasteiger partial charge in [0, 0.05) is 24.3 Å². The molecule has 0 saturated carbocycles. The van der Waals surface area contributed by atoms with Crippen molar-refractivity contribution in [1.82, 2.24) is 5.32 Å². The summed E-state index contributed by atoms with van der Waals surface area (Å²) in [4.78, 5) is 2.51. The average molecular weight is 254 g/mol. The van der Waals surface area contributed by atoms with Crippen LogP contribution in [0.2, 0.25) is 0 Å². The quantitative estimate of drug-likeness (QED) is 0.839. The minimum atomic E-state index is 0.183. The van der Waals surface area contributed by atoms with Gasteiger partial charge in [-0.05, 0) is 49.7 Å². The second-order valence-electron chi connectivity index (χ2n) is 6.12. The molecule has 2 nitrogen and oxygen atoms in total. The second kappa shape index (κ2) is 4.86. The highest BCUT2D eigenvalue weighted by atomic mass is 15.2. The molecular formula is C17H22N2. The Bertz CT molecular complexity index is 574. The first kappa shape index (κ1) is 12.5. The molecule has 1 aliphatic rings. The van der Waals surface area contributed by atoms with E-state index in [1.807, 2.05) is 0 Å². The molecule has 1 saturated heterocycles. The maximum Gasteiger partial charge on any atom is 0.0373 e. The van der Waals surface area contributed by atoms with E-state index < -0.39 is 0 Å². The molecule has 1 fully saturated rings. The fourth-order valence-electron chi connectivity index (χ4n) is 2.90. The minimum absolute atomic E-state index is 0.183. The van der Waals surface area contributed by atoms with Crippen LogP contribution in [0.15, 0.2) is 42.5 Å². The van der Waals surface area contributed by atoms with Gasteiger partial charge in [-0.15, -0.1) is 0 Å². The highest BCUT2D eigenvalue weighted by Crippen LogP contribution is 2.24. The van der Waals surface area contributed by atoms with Gasteiger partial charge in [0.1, 0.15) is 0 Å². The number of nitrogens with zero attached hydrogens (tertiary/aromatic N) is 1. The Morgan fingerprint density at radius 1 is 1.05 bits per heavy atom. The summed E-state index contributed by atoms with van der Waals surface area (Å²) < 4.78 is 0. The van der Waals surface area contributed by atoms with Crippen molar-refractivity contribution in [3.8, 4) is 0 Å². The molecule has 1 aliphatic heterocycles. The average Bonchev–Trinajstić information content (AvgIpc) is 2.59. The molecule has 2 aromatic rings. The van der Waals surface area contributed by atoms with Crippen LogP contribution < -0.4 is 10.2 Å². The van der Waals surface area contributed by atoms with E-state index in [0.29, 0.717) is 0 Å². The highest BCUT2D eigenvalue weighted by molar-refractivity contribution is 5.85. The first-order valence-corrected chi connectivity index (χ1v) is 7.13. The number of anilines is 1. The molecular weight excluding hydrogens is 232 g/mol. The first-order valence-electron chi connectivity index (χ1n) is 7.13. The van der Waals surface area contributed by atoms with E-state index in [9.17, 15) is 0 Å². The van der Waals surface area contributed by atoms with E-state index in [-0.39, 0.29) is 5.54 Å². The standard InChI is InChI=1S/C17H22N2/c1-17(2)13-19(11-5-10-18-17)16-9-8-14-6-3-4-7-15(14)12-16/h3-4,6-9,12,18H,5,10-11,13H2,1-2H3. The zero-order chi connectivity index (χ0) is 13.3. The summed E-state index contributed by atoms with van der Waals surface area (Å²) in [7, 11) is 0. The molecule has 2 aromatic carbocycles. The van der Waals surface area contributed by atoms with Crippen LogP contribution in [0.3, 0.4) is 0 Å². The molecule has 0 aliphatic carbocycles. The van der Waals surface area contributed by atoms with Crippen molar-refractivity contribution in [2.75, 3.05) is 24.5 Å². The van der Waals surface area contributed by atoms with Gasteiger partial charge in [-0.2, -0.15) is 0 Å². The van der Waals surface area contributed by atoms with Crippen molar-refractivity contribution >= 4 is 16.5 Å². The van der Waals surface area contributed by atoms with E-state index in [4.69, 9.17) is 0 Å². The highest BCUT2D eigenvalue weighted by Gasteiger charge is 2.24. The number of hydrogen-bond acceptors (Lipinski definition) is 2. The van der Waals surface area contributed by atoms with Crippen LogP contribution in [0.25, 0.3) is 10.8 Å². The Kier molecular flexibility index (Phi) is 3.19. The van der Waals surface area contributed by atoms with Crippen molar-refractivity contribution in [3.05, 3.63) is 42.5 Å². The smallest absolute Gasteiger partial charge is 0.0373 e. The molecule has 0 aromatic heterocycles. The van der Waals surface area contributed by atoms with E-state index >= 15 is 0 Å². The molecule has 100 valence electrons. The van der Waals surface area contributed by atoms with Gasteiger partial charge in [0.05, 0.1) is 0 Å². The lowest BCUT2D eigenvalue weighted by Crippen LogP contribution is -2.46. The molecule has 0 amide bonds. The zero-order valence-electron chi connectivity index (χ0n) is 11.8. The Morgan fingerprint density at radius 2 is 1.84 bits per heavy atom. The van der Waals surface area contributed by atoms with Crippen molar-refractivity contribution < 1.29 is 0 Å². The van der Waals surface area contributed by atoms with Gasteiger partial charge in [-0.25, -0.2) is 0 Å². The lowest BCUT2D eigenvalue weighted by atomic mass is 10.0. The molecule has 1 heterocycles. The van der Waals surface area contributed by atoms with Crippen LogP contribution >= 0.6 is 0 Å². The van der Waals surface area contributed by atoms with Crippen LogP contribution in [-0.2, 0) is 0 Å². The van der Waals surface area contributed by atoms with Gasteiger partial charge in [0.25, 0.3) is 0 Å². The van der Waals surface area contributed by atoms with Gasteiger partial charge in [0.2, 0.25) is 0 Å². The number of rotatable bonds is 1. The van der Waals surface area contributed by atoms with E-state index in [1.54, 1.807) is 0 Å². The molecule has 19 heavy (non-hydrogen) atoms. The number of hydrogen-bond donors (Lipinski definition) is 1. The monoisotopic (exact) mass is 254 g/mol. The summed E-state index contributed by atoms with van der Waals surface area (Å²) >= 11 is 0. The van der Waals surface area contributed by atoms with Gasteiger partial charge in [0.15, 0.2) is 0 Å². The van der Waals surface area contributed by atoms with Gasteiger partial charge < -0.3 is 10.2 Å². The second-order valence-corrected chi connectivity index (χ2v) is 6.12. The molecule has 0 atom stereocenters. The summed E-state index contributed by atoms with van der Waals surface area (Å²) in [6.45, 7) is 7.87. The largest absolute Gasteiger partial charge is 0.370 e. The zero-order valence-corrected chi connectivity index (χ0v) is 11.8. The van der Waals surface area contributed by atoms with Crippen molar-refractivity contribution in [2.24, 2.45) is 0 Å². The van der Waals surface area contributed by atoms with Crippen LogP contribution in [-0.4, -0.2) is 25.2 Å². The number of fused-ring (bicyclic) bond motifs is 1. The van der Waals surface area contributed by atoms with Crippen LogP contribution in [0.5, 0.6) is 0 Å². The third-order valence-corrected chi connectivity index (χ3v) is 3.89. The summed E-state index contributed by atoms with van der Waals surface area (Å²) in [6.07, 6.45) is 1.20. The van der Waals surface area contributed by atoms with Crippen LogP contribution in [0.4, 0.5) is 5.69 Å². The Morgan fingerprint density at radius 3 is 2.68 bits per heavy atom. The van der Waals surface area contributed by atoms with Crippen molar-refractivity contribution in [1.29, 1.82) is 0 Å². The summed E-state index contributed by atoms with van der Waals surface area (Å²) in [6, 6.07) is 15.4. The summed E-state index contributed by atoms with van der Waals surface area (Å²) in [5, 5.41) is 6.26. The van der Waals surface area contributed by atoms with E-state index in [2.05, 4.69) is 66.5 Å². The Hall–Kier alpha value is -1.54. The van der Waals surface area contributed by atoms with Crippen molar-refractivity contribution in [3.63, 3.8) is 0 Å². The molecule has 0 unspecified atom stereocenters. The third kappa shape index (κ3) is 2.74. The van der Waals surface area contributed by atoms with E-state index in [0.717, 1.165) is 19.6 Å². The normalized spacial score (nSPS) is 19.4. The number of benzene rings is 2. The molecule has 2 heteroatoms. The maximum atomic E-state index is 3.62. The lowest BCUT2D eigenvalue weighted by molar-refractivity contribution is 0.416. The SMILES string of the molecule is CC1(C)CN(c2ccc3ccccc3c2)CCCN1. The predicted molar refractivity (Wildman–Crippen MR) is 82.9 cm³/mol. The summed E-state index contributed by atoms with van der Waals surface area (Å²) in [5.41, 5.74) is 1.53. The van der Waals surface area contributed by atoms with Crippen molar-refractivity contribution in [2.45, 2.75) is 25.8 Å².